The summed E-state index contributed by atoms with van der Waals surface area (Å²) in [6.07, 6.45) is 0. The average Bonchev–Trinajstić information content (AvgIpc) is 2.78. The van der Waals surface area contributed by atoms with E-state index >= 15 is 0 Å². The molecule has 3 aromatic carbocycles. The molecule has 1 aliphatic rings. The number of hydrogen-bond donors (Lipinski definition) is 1. The van der Waals surface area contributed by atoms with Crippen LogP contribution in [0.5, 0.6) is 5.75 Å². The zero-order valence-corrected chi connectivity index (χ0v) is 19.1. The summed E-state index contributed by atoms with van der Waals surface area (Å²) in [6, 6.07) is 17.7. The Balaban J connectivity index is 1.85. The first-order valence-corrected chi connectivity index (χ1v) is 11.0. The lowest BCUT2D eigenvalue weighted by atomic mass is 9.88. The van der Waals surface area contributed by atoms with Crippen LogP contribution in [0.15, 0.2) is 71.9 Å². The molecule has 0 bridgehead atoms. The van der Waals surface area contributed by atoms with Gasteiger partial charge in [0.25, 0.3) is 0 Å². The minimum Gasteiger partial charge on any atom is -0.489 e. The molecule has 164 valence electrons. The van der Waals surface area contributed by atoms with Crippen LogP contribution in [0.25, 0.3) is 10.8 Å². The molecule has 0 saturated carbocycles. The number of ketones is 1. The second kappa shape index (κ2) is 9.09. The number of benzene rings is 3. The molecule has 4 nitrogen and oxygen atoms in total. The molecule has 1 aliphatic heterocycles. The van der Waals surface area contributed by atoms with Gasteiger partial charge in [0.05, 0.1) is 6.04 Å². The molecule has 0 saturated heterocycles. The van der Waals surface area contributed by atoms with E-state index in [-0.39, 0.29) is 18.2 Å². The predicted molar refractivity (Wildman–Crippen MR) is 129 cm³/mol. The minimum atomic E-state index is -0.433. The smallest absolute Gasteiger partial charge is 0.173 e. The molecule has 4 rings (SSSR count). The van der Waals surface area contributed by atoms with Crippen molar-refractivity contribution < 1.29 is 13.9 Å². The molecule has 0 fully saturated rings. The molecule has 0 aromatic heterocycles. The van der Waals surface area contributed by atoms with Gasteiger partial charge in [-0.25, -0.2) is 4.39 Å². The summed E-state index contributed by atoms with van der Waals surface area (Å²) < 4.78 is 19.5. The van der Waals surface area contributed by atoms with E-state index in [0.717, 1.165) is 27.6 Å². The van der Waals surface area contributed by atoms with Gasteiger partial charge in [0, 0.05) is 23.4 Å². The van der Waals surface area contributed by atoms with E-state index in [9.17, 15) is 9.18 Å². The minimum absolute atomic E-state index is 0.0154. The molecule has 0 spiro atoms. The molecule has 0 aliphatic carbocycles. The third-order valence-electron chi connectivity index (χ3n) is 5.82. The van der Waals surface area contributed by atoms with Crippen LogP contribution in [-0.2, 0) is 11.4 Å². The Morgan fingerprint density at radius 2 is 1.84 bits per heavy atom. The Labute approximate surface area is 192 Å². The van der Waals surface area contributed by atoms with Gasteiger partial charge in [-0.15, -0.1) is 0 Å². The summed E-state index contributed by atoms with van der Waals surface area (Å²) >= 11 is 5.63. The van der Waals surface area contributed by atoms with Crippen molar-refractivity contribution in [3.8, 4) is 5.75 Å². The molecule has 0 amide bonds. The number of ether oxygens (including phenoxy) is 1. The zero-order valence-electron chi connectivity index (χ0n) is 18.3. The Morgan fingerprint density at radius 1 is 1.12 bits per heavy atom. The number of allylic oxidation sites excluding steroid dienone is 1. The number of Topliss-reactive ketones (excluding diaryl/α,β-unsaturated/α-hetero) is 1. The van der Waals surface area contributed by atoms with Gasteiger partial charge in [-0.3, -0.25) is 4.79 Å². The van der Waals surface area contributed by atoms with Gasteiger partial charge in [0.1, 0.15) is 18.2 Å². The highest BCUT2D eigenvalue weighted by Crippen LogP contribution is 2.40. The predicted octanol–water partition coefficient (Wildman–Crippen LogP) is 5.67. The van der Waals surface area contributed by atoms with E-state index in [0.29, 0.717) is 23.0 Å². The summed E-state index contributed by atoms with van der Waals surface area (Å²) in [6.45, 7) is 6.47. The van der Waals surface area contributed by atoms with Crippen LogP contribution in [0, 0.1) is 5.82 Å². The highest BCUT2D eigenvalue weighted by atomic mass is 32.1. The van der Waals surface area contributed by atoms with Crippen molar-refractivity contribution in [1.29, 1.82) is 0 Å². The van der Waals surface area contributed by atoms with Gasteiger partial charge >= 0.3 is 0 Å². The highest BCUT2D eigenvalue weighted by Gasteiger charge is 2.34. The number of rotatable bonds is 6. The molecule has 1 unspecified atom stereocenters. The van der Waals surface area contributed by atoms with E-state index in [2.05, 4.69) is 5.32 Å². The summed E-state index contributed by atoms with van der Waals surface area (Å²) in [5.41, 5.74) is 3.25. The molecule has 0 radical (unpaired) electrons. The number of nitrogens with one attached hydrogen (secondary N) is 1. The van der Waals surface area contributed by atoms with Crippen LogP contribution in [0.4, 0.5) is 4.39 Å². The van der Waals surface area contributed by atoms with Crippen molar-refractivity contribution in [2.75, 3.05) is 6.54 Å². The monoisotopic (exact) mass is 448 g/mol. The van der Waals surface area contributed by atoms with Crippen LogP contribution >= 0.6 is 12.2 Å². The maximum Gasteiger partial charge on any atom is 0.173 e. The number of carbonyl (C=O) groups excluding carboxylic acids is 1. The first-order chi connectivity index (χ1) is 15.4. The Hall–Kier alpha value is -3.25. The van der Waals surface area contributed by atoms with E-state index in [1.807, 2.05) is 55.1 Å². The molecule has 6 heteroatoms. The van der Waals surface area contributed by atoms with Crippen molar-refractivity contribution in [1.82, 2.24) is 10.2 Å². The third kappa shape index (κ3) is 4.10. The van der Waals surface area contributed by atoms with Crippen molar-refractivity contribution in [3.63, 3.8) is 0 Å². The van der Waals surface area contributed by atoms with Crippen molar-refractivity contribution in [2.45, 2.75) is 33.4 Å². The van der Waals surface area contributed by atoms with E-state index in [1.54, 1.807) is 19.1 Å². The molecule has 32 heavy (non-hydrogen) atoms. The highest BCUT2D eigenvalue weighted by molar-refractivity contribution is 7.80. The van der Waals surface area contributed by atoms with Crippen LogP contribution in [0.1, 0.15) is 37.9 Å². The fourth-order valence-corrected chi connectivity index (χ4v) is 4.66. The zero-order chi connectivity index (χ0) is 22.8. The van der Waals surface area contributed by atoms with Gasteiger partial charge in [-0.1, -0.05) is 42.5 Å². The van der Waals surface area contributed by atoms with Gasteiger partial charge < -0.3 is 15.0 Å². The Kier molecular flexibility index (Phi) is 6.24. The lowest BCUT2D eigenvalue weighted by Gasteiger charge is -2.38. The summed E-state index contributed by atoms with van der Waals surface area (Å²) in [5, 5.41) is 5.99. The summed E-state index contributed by atoms with van der Waals surface area (Å²) in [4.78, 5) is 14.7. The first kappa shape index (κ1) is 22.0. The quantitative estimate of drug-likeness (QED) is 0.492. The van der Waals surface area contributed by atoms with E-state index < -0.39 is 6.04 Å². The number of halogens is 1. The van der Waals surface area contributed by atoms with Crippen molar-refractivity contribution in [2.24, 2.45) is 0 Å². The third-order valence-corrected chi connectivity index (χ3v) is 6.16. The number of thiocarbonyl (C=S) groups is 1. The molecular weight excluding hydrogens is 423 g/mol. The molecule has 1 heterocycles. The average molecular weight is 449 g/mol. The Bertz CT molecular complexity index is 1220. The number of carbonyl (C=O) groups is 1. The van der Waals surface area contributed by atoms with E-state index in [1.165, 1.54) is 12.1 Å². The Morgan fingerprint density at radius 3 is 2.53 bits per heavy atom. The molecule has 1 N–H and O–H groups in total. The van der Waals surface area contributed by atoms with Crippen LogP contribution in [-0.4, -0.2) is 22.3 Å². The number of nitrogens with zero attached hydrogens (tertiary/aromatic N) is 1. The second-order valence-corrected chi connectivity index (χ2v) is 8.18. The van der Waals surface area contributed by atoms with Gasteiger partial charge in [-0.05, 0) is 67.5 Å². The number of hydrogen-bond acceptors (Lipinski definition) is 3. The molecular formula is C26H25FN2O2S. The lowest BCUT2D eigenvalue weighted by molar-refractivity contribution is -0.114. The lowest BCUT2D eigenvalue weighted by Crippen LogP contribution is -2.47. The van der Waals surface area contributed by atoms with Crippen molar-refractivity contribution in [3.05, 3.63) is 88.9 Å². The second-order valence-electron chi connectivity index (χ2n) is 7.80. The standard InChI is InChI=1S/C26H25FN2O2S/c1-4-29-16(2)23(17(3)30)25(28-26(29)32)24-21-8-6-5-7-19(21)11-14-22(24)31-15-18-9-12-20(27)13-10-18/h5-14,25H,4,15H2,1-3H3,(H,28,32). The maximum absolute atomic E-state index is 13.3. The van der Waals surface area contributed by atoms with Crippen LogP contribution in [0.3, 0.4) is 0 Å². The number of fused-ring (bicyclic) bond motifs is 1. The fourth-order valence-electron chi connectivity index (χ4n) is 4.28. The maximum atomic E-state index is 13.3. The largest absolute Gasteiger partial charge is 0.489 e. The topological polar surface area (TPSA) is 41.6 Å². The van der Waals surface area contributed by atoms with Gasteiger partial charge in [0.2, 0.25) is 0 Å². The van der Waals surface area contributed by atoms with Gasteiger partial charge in [0.15, 0.2) is 10.9 Å². The van der Waals surface area contributed by atoms with Gasteiger partial charge in [-0.2, -0.15) is 0 Å². The van der Waals surface area contributed by atoms with E-state index in [4.69, 9.17) is 17.0 Å². The fraction of sp³-hybridized carbons (Fsp3) is 0.231. The van der Waals surface area contributed by atoms with Crippen LogP contribution < -0.4 is 10.1 Å². The molecule has 3 aromatic rings. The van der Waals surface area contributed by atoms with Crippen molar-refractivity contribution >= 4 is 33.9 Å². The SMILES string of the molecule is CCN1C(=S)NC(c2c(OCc3ccc(F)cc3)ccc3ccccc23)C(C(C)=O)=C1C. The molecule has 1 atom stereocenters. The first-order valence-electron chi connectivity index (χ1n) is 10.6. The van der Waals surface area contributed by atoms with Crippen LogP contribution in [0.2, 0.25) is 0 Å². The summed E-state index contributed by atoms with van der Waals surface area (Å²) in [5.74, 6) is 0.357. The normalized spacial score (nSPS) is 16.3. The summed E-state index contributed by atoms with van der Waals surface area (Å²) in [7, 11) is 0.